The largest absolute Gasteiger partial charge is 0.336 e. The first-order chi connectivity index (χ1) is 13.8. The highest BCUT2D eigenvalue weighted by Crippen LogP contribution is 2.23. The second-order valence-corrected chi connectivity index (χ2v) is 6.66. The molecule has 9 heteroatoms. The Hall–Kier alpha value is -3.10. The molecule has 3 amide bonds. The number of benzene rings is 3. The first-order valence-electron chi connectivity index (χ1n) is 8.26. The number of thiol groups is 1. The van der Waals surface area contributed by atoms with E-state index in [1.54, 1.807) is 30.3 Å². The van der Waals surface area contributed by atoms with Crippen molar-refractivity contribution in [2.45, 2.75) is 0 Å². The van der Waals surface area contributed by atoms with E-state index in [4.69, 9.17) is 11.6 Å². The molecule has 0 bridgehead atoms. The molecule has 29 heavy (non-hydrogen) atoms. The van der Waals surface area contributed by atoms with Crippen LogP contribution in [0.4, 0.5) is 30.6 Å². The van der Waals surface area contributed by atoms with Gasteiger partial charge in [0.25, 0.3) is 5.91 Å². The first-order valence-corrected chi connectivity index (χ1v) is 9.04. The number of rotatable bonds is 4. The smallest absolute Gasteiger partial charge is 0.322 e. The van der Waals surface area contributed by atoms with Crippen molar-refractivity contribution >= 4 is 53.4 Å². The summed E-state index contributed by atoms with van der Waals surface area (Å²) in [6, 6.07) is 15.0. The lowest BCUT2D eigenvalue weighted by Crippen LogP contribution is -2.26. The summed E-state index contributed by atoms with van der Waals surface area (Å²) in [5.74, 6) is -1.81. The van der Waals surface area contributed by atoms with Gasteiger partial charge in [-0.05, 0) is 54.6 Å². The van der Waals surface area contributed by atoms with Crippen LogP contribution in [0.15, 0.2) is 66.7 Å². The number of hydrogen-bond donors (Lipinski definition) is 3. The highest BCUT2D eigenvalue weighted by atomic mass is 35.5. The zero-order chi connectivity index (χ0) is 21.0. The lowest BCUT2D eigenvalue weighted by atomic mass is 10.2. The fraction of sp³-hybridized carbons (Fsp3) is 0. The summed E-state index contributed by atoms with van der Waals surface area (Å²) in [4.78, 5) is 24.4. The molecule has 0 aliphatic heterocycles. The molecule has 3 rings (SSSR count). The molecular weight excluding hydrogens is 420 g/mol. The van der Waals surface area contributed by atoms with Gasteiger partial charge in [0, 0.05) is 11.4 Å². The molecule has 0 aromatic heterocycles. The number of amides is 3. The van der Waals surface area contributed by atoms with Crippen LogP contribution in [0.25, 0.3) is 0 Å². The summed E-state index contributed by atoms with van der Waals surface area (Å²) in [5, 5.41) is 4.98. The molecule has 0 aliphatic carbocycles. The number of carbonyl (C=O) groups is 2. The summed E-state index contributed by atoms with van der Waals surface area (Å²) in [6.07, 6.45) is 0. The van der Waals surface area contributed by atoms with E-state index in [9.17, 15) is 18.4 Å². The summed E-state index contributed by atoms with van der Waals surface area (Å²) in [7, 11) is 0. The van der Waals surface area contributed by atoms with Crippen LogP contribution in [0.5, 0.6) is 0 Å². The number of nitrogens with zero attached hydrogens (tertiary/aromatic N) is 1. The molecule has 0 saturated heterocycles. The quantitative estimate of drug-likeness (QED) is 0.458. The Balaban J connectivity index is 1.65. The van der Waals surface area contributed by atoms with Crippen molar-refractivity contribution in [3.8, 4) is 0 Å². The van der Waals surface area contributed by atoms with Gasteiger partial charge in [-0.25, -0.2) is 17.9 Å². The van der Waals surface area contributed by atoms with Crippen molar-refractivity contribution in [1.29, 1.82) is 0 Å². The minimum atomic E-state index is -0.624. The van der Waals surface area contributed by atoms with E-state index in [1.807, 2.05) is 0 Å². The van der Waals surface area contributed by atoms with Crippen LogP contribution in [0.2, 0.25) is 5.02 Å². The van der Waals surface area contributed by atoms with Crippen LogP contribution in [0, 0.1) is 11.6 Å². The fourth-order valence-corrected chi connectivity index (χ4v) is 2.76. The van der Waals surface area contributed by atoms with Crippen molar-refractivity contribution in [2.24, 2.45) is 0 Å². The Morgan fingerprint density at radius 1 is 0.862 bits per heavy atom. The standard InChI is InChI=1S/C20H14ClF2N3O2S/c21-16-11-13(7-10-18(16)23)25-20(28)26(29)14-8-5-12(6-9-14)24-19(27)15-3-1-2-4-17(15)22/h1-11,29H,(H,24,27)(H,25,28). The van der Waals surface area contributed by atoms with E-state index >= 15 is 0 Å². The van der Waals surface area contributed by atoms with E-state index in [0.717, 1.165) is 10.4 Å². The molecule has 0 radical (unpaired) electrons. The number of urea groups is 1. The zero-order valence-corrected chi connectivity index (χ0v) is 16.3. The van der Waals surface area contributed by atoms with Gasteiger partial charge in [-0.2, -0.15) is 0 Å². The maximum atomic E-state index is 13.7. The van der Waals surface area contributed by atoms with Crippen molar-refractivity contribution in [1.82, 2.24) is 0 Å². The molecule has 0 aliphatic rings. The minimum Gasteiger partial charge on any atom is -0.322 e. The monoisotopic (exact) mass is 433 g/mol. The Labute approximate surface area is 175 Å². The molecule has 3 aromatic carbocycles. The first kappa shape index (κ1) is 20.6. The van der Waals surface area contributed by atoms with Gasteiger partial charge in [0.05, 0.1) is 16.3 Å². The third kappa shape index (κ3) is 5.04. The zero-order valence-electron chi connectivity index (χ0n) is 14.7. The molecule has 0 atom stereocenters. The molecule has 0 fully saturated rings. The van der Waals surface area contributed by atoms with Gasteiger partial charge >= 0.3 is 6.03 Å². The predicted molar refractivity (Wildman–Crippen MR) is 113 cm³/mol. The average molecular weight is 434 g/mol. The van der Waals surface area contributed by atoms with Crippen LogP contribution < -0.4 is 14.9 Å². The molecule has 3 aromatic rings. The second-order valence-electron chi connectivity index (χ2n) is 5.85. The van der Waals surface area contributed by atoms with Crippen LogP contribution >= 0.6 is 24.4 Å². The van der Waals surface area contributed by atoms with E-state index in [-0.39, 0.29) is 10.6 Å². The Kier molecular flexibility index (Phi) is 6.36. The number of nitrogens with one attached hydrogen (secondary N) is 2. The van der Waals surface area contributed by atoms with Crippen molar-refractivity contribution in [3.05, 3.63) is 89.0 Å². The van der Waals surface area contributed by atoms with Gasteiger partial charge in [0.15, 0.2) is 0 Å². The maximum absolute atomic E-state index is 13.7. The van der Waals surface area contributed by atoms with Gasteiger partial charge < -0.3 is 10.6 Å². The highest BCUT2D eigenvalue weighted by Gasteiger charge is 2.14. The third-order valence-corrected chi connectivity index (χ3v) is 4.55. The van der Waals surface area contributed by atoms with Crippen molar-refractivity contribution in [2.75, 3.05) is 14.9 Å². The van der Waals surface area contributed by atoms with Gasteiger partial charge in [0.2, 0.25) is 0 Å². The van der Waals surface area contributed by atoms with Gasteiger partial charge in [-0.1, -0.05) is 36.5 Å². The topological polar surface area (TPSA) is 61.4 Å². The molecule has 2 N–H and O–H groups in total. The van der Waals surface area contributed by atoms with Gasteiger partial charge in [0.1, 0.15) is 11.6 Å². The molecule has 0 spiro atoms. The maximum Gasteiger partial charge on any atom is 0.336 e. The number of anilines is 3. The Morgan fingerprint density at radius 3 is 2.17 bits per heavy atom. The number of hydrogen-bond acceptors (Lipinski definition) is 3. The SMILES string of the molecule is O=C(Nc1ccc(N(S)C(=O)Nc2ccc(F)c(Cl)c2)cc1)c1ccccc1F. The van der Waals surface area contributed by atoms with Crippen LogP contribution in [-0.4, -0.2) is 11.9 Å². The summed E-state index contributed by atoms with van der Waals surface area (Å²) >= 11 is 9.83. The summed E-state index contributed by atoms with van der Waals surface area (Å²) < 4.78 is 27.9. The molecular formula is C20H14ClF2N3O2S. The average Bonchev–Trinajstić information content (AvgIpc) is 2.71. The second kappa shape index (κ2) is 8.93. The van der Waals surface area contributed by atoms with Gasteiger partial charge in [-0.15, -0.1) is 0 Å². The molecule has 148 valence electrons. The van der Waals surface area contributed by atoms with Crippen molar-refractivity contribution < 1.29 is 18.4 Å². The van der Waals surface area contributed by atoms with E-state index in [0.29, 0.717) is 17.1 Å². The number of halogens is 3. The predicted octanol–water partition coefficient (Wildman–Crippen LogP) is 5.75. The molecule has 0 unspecified atom stereocenters. The summed E-state index contributed by atoms with van der Waals surface area (Å²) in [5.41, 5.74) is 1.04. The minimum absolute atomic E-state index is 0.0789. The Bertz CT molecular complexity index is 1060. The van der Waals surface area contributed by atoms with Gasteiger partial charge in [-0.3, -0.25) is 4.79 Å². The highest BCUT2D eigenvalue weighted by molar-refractivity contribution is 7.82. The van der Waals surface area contributed by atoms with E-state index in [2.05, 4.69) is 23.4 Å². The molecule has 0 heterocycles. The van der Waals surface area contributed by atoms with E-state index < -0.39 is 23.6 Å². The van der Waals surface area contributed by atoms with E-state index in [1.165, 1.54) is 30.3 Å². The van der Waals surface area contributed by atoms with Crippen LogP contribution in [-0.2, 0) is 0 Å². The lowest BCUT2D eigenvalue weighted by molar-refractivity contribution is 0.102. The van der Waals surface area contributed by atoms with Crippen LogP contribution in [0.1, 0.15) is 10.4 Å². The normalized spacial score (nSPS) is 10.3. The fourth-order valence-electron chi connectivity index (χ4n) is 2.40. The number of carbonyl (C=O) groups excluding carboxylic acids is 2. The third-order valence-electron chi connectivity index (χ3n) is 3.85. The van der Waals surface area contributed by atoms with Crippen molar-refractivity contribution in [3.63, 3.8) is 0 Å². The molecule has 5 nitrogen and oxygen atoms in total. The lowest BCUT2D eigenvalue weighted by Gasteiger charge is -2.17. The summed E-state index contributed by atoms with van der Waals surface area (Å²) in [6.45, 7) is 0. The Morgan fingerprint density at radius 2 is 1.52 bits per heavy atom. The van der Waals surface area contributed by atoms with Crippen LogP contribution in [0.3, 0.4) is 0 Å². The molecule has 0 saturated carbocycles.